The largest absolute Gasteiger partial charge is 0.352 e. The second-order valence-electron chi connectivity index (χ2n) is 6.92. The number of sulfonamides is 1. The fraction of sp³-hybridized carbons (Fsp3) is 0.588. The van der Waals surface area contributed by atoms with Crippen LogP contribution in [0.1, 0.15) is 38.2 Å². The van der Waals surface area contributed by atoms with Crippen LogP contribution in [0, 0.1) is 5.92 Å². The maximum atomic E-state index is 12.5. The van der Waals surface area contributed by atoms with Gasteiger partial charge in [-0.25, -0.2) is 12.7 Å². The van der Waals surface area contributed by atoms with Crippen LogP contribution in [0.5, 0.6) is 0 Å². The van der Waals surface area contributed by atoms with Crippen molar-refractivity contribution in [3.05, 3.63) is 29.8 Å². The van der Waals surface area contributed by atoms with Crippen molar-refractivity contribution in [1.82, 2.24) is 9.62 Å². The van der Waals surface area contributed by atoms with E-state index in [2.05, 4.69) is 5.32 Å². The van der Waals surface area contributed by atoms with Gasteiger partial charge in [0, 0.05) is 26.2 Å². The smallest absolute Gasteiger partial charge is 0.242 e. The van der Waals surface area contributed by atoms with E-state index in [4.69, 9.17) is 5.73 Å². The third-order valence-electron chi connectivity index (χ3n) is 4.76. The summed E-state index contributed by atoms with van der Waals surface area (Å²) in [6.45, 7) is 2.09. The van der Waals surface area contributed by atoms with Crippen molar-refractivity contribution in [1.29, 1.82) is 0 Å². The molecule has 1 aromatic carbocycles. The number of rotatable bonds is 5. The summed E-state index contributed by atoms with van der Waals surface area (Å²) in [4.78, 5) is 12.7. The highest BCUT2D eigenvalue weighted by Crippen LogP contribution is 2.31. The van der Waals surface area contributed by atoms with Gasteiger partial charge in [0.2, 0.25) is 15.9 Å². The number of nitrogens with zero attached hydrogens (tertiary/aromatic N) is 1. The maximum absolute atomic E-state index is 12.5. The molecule has 2 atom stereocenters. The average molecular weight is 353 g/mol. The Kier molecular flexibility index (Phi) is 5.67. The van der Waals surface area contributed by atoms with Crippen molar-refractivity contribution in [2.24, 2.45) is 11.7 Å². The van der Waals surface area contributed by atoms with E-state index in [1.807, 2.05) is 6.92 Å². The lowest BCUT2D eigenvalue weighted by atomic mass is 9.74. The van der Waals surface area contributed by atoms with E-state index in [9.17, 15) is 13.2 Å². The van der Waals surface area contributed by atoms with Gasteiger partial charge in [-0.15, -0.1) is 0 Å². The molecule has 2 rings (SSSR count). The zero-order chi connectivity index (χ0) is 18.0. The summed E-state index contributed by atoms with van der Waals surface area (Å²) in [5.41, 5.74) is 6.34. The molecule has 0 bridgehead atoms. The first-order valence-corrected chi connectivity index (χ1v) is 9.67. The molecule has 0 saturated heterocycles. The summed E-state index contributed by atoms with van der Waals surface area (Å²) < 4.78 is 26.0. The predicted octanol–water partition coefficient (Wildman–Crippen LogP) is 1.46. The Morgan fingerprint density at radius 2 is 2.00 bits per heavy atom. The Balaban J connectivity index is 2.14. The lowest BCUT2D eigenvalue weighted by Gasteiger charge is -2.37. The maximum Gasteiger partial charge on any atom is 0.242 e. The molecule has 1 amide bonds. The van der Waals surface area contributed by atoms with Crippen LogP contribution in [0.15, 0.2) is 29.2 Å². The normalized spacial score (nSPS) is 24.8. The van der Waals surface area contributed by atoms with Crippen molar-refractivity contribution < 1.29 is 13.2 Å². The molecular formula is C17H27N3O3S. The molecule has 0 heterocycles. The molecule has 0 aliphatic heterocycles. The number of amides is 1. The van der Waals surface area contributed by atoms with Crippen molar-refractivity contribution in [3.63, 3.8) is 0 Å². The number of nitrogens with one attached hydrogen (secondary N) is 1. The Bertz CT molecular complexity index is 699. The monoisotopic (exact) mass is 353 g/mol. The minimum absolute atomic E-state index is 0.100. The summed E-state index contributed by atoms with van der Waals surface area (Å²) in [5.74, 6) is -0.333. The molecule has 24 heavy (non-hydrogen) atoms. The van der Waals surface area contributed by atoms with Gasteiger partial charge in [0.25, 0.3) is 0 Å². The van der Waals surface area contributed by atoms with E-state index in [0.29, 0.717) is 5.56 Å². The van der Waals surface area contributed by atoms with Crippen LogP contribution in [0.3, 0.4) is 0 Å². The molecule has 0 aromatic heterocycles. The van der Waals surface area contributed by atoms with Crippen LogP contribution in [0.25, 0.3) is 0 Å². The standard InChI is InChI=1S/C17H27N3O3S/c1-17(18)11-7-6-9-14(17)16(21)19-12-13-8-4-5-10-15(13)24(22,23)20(2)3/h4-5,8,10,14H,6-7,9,11-12,18H2,1-3H3,(H,19,21). The predicted molar refractivity (Wildman–Crippen MR) is 93.7 cm³/mol. The number of carbonyl (C=O) groups is 1. The van der Waals surface area contributed by atoms with Crippen LogP contribution in [0.2, 0.25) is 0 Å². The number of benzene rings is 1. The molecule has 7 heteroatoms. The van der Waals surface area contributed by atoms with Crippen LogP contribution in [-0.4, -0.2) is 38.3 Å². The molecule has 1 fully saturated rings. The second kappa shape index (κ2) is 7.21. The van der Waals surface area contributed by atoms with Crippen LogP contribution in [0.4, 0.5) is 0 Å². The molecular weight excluding hydrogens is 326 g/mol. The summed E-state index contributed by atoms with van der Waals surface area (Å²) in [7, 11) is -0.561. The van der Waals surface area contributed by atoms with E-state index in [1.165, 1.54) is 18.4 Å². The van der Waals surface area contributed by atoms with E-state index in [1.54, 1.807) is 24.3 Å². The Morgan fingerprint density at radius 1 is 1.33 bits per heavy atom. The van der Waals surface area contributed by atoms with Gasteiger partial charge in [0.15, 0.2) is 0 Å². The first-order chi connectivity index (χ1) is 11.2. The van der Waals surface area contributed by atoms with Crippen molar-refractivity contribution in [3.8, 4) is 0 Å². The third-order valence-corrected chi connectivity index (χ3v) is 6.67. The van der Waals surface area contributed by atoms with Crippen molar-refractivity contribution in [2.75, 3.05) is 14.1 Å². The highest BCUT2D eigenvalue weighted by molar-refractivity contribution is 7.89. The van der Waals surface area contributed by atoms with E-state index < -0.39 is 15.6 Å². The lowest BCUT2D eigenvalue weighted by Crippen LogP contribution is -2.52. The van der Waals surface area contributed by atoms with Crippen LogP contribution in [-0.2, 0) is 21.4 Å². The molecule has 1 aliphatic carbocycles. The zero-order valence-corrected chi connectivity index (χ0v) is 15.4. The zero-order valence-electron chi connectivity index (χ0n) is 14.6. The topological polar surface area (TPSA) is 92.5 Å². The van der Waals surface area contributed by atoms with Gasteiger partial charge in [-0.2, -0.15) is 0 Å². The summed E-state index contributed by atoms with van der Waals surface area (Å²) in [5, 5.41) is 2.87. The quantitative estimate of drug-likeness (QED) is 0.838. The third kappa shape index (κ3) is 3.96. The Hall–Kier alpha value is -1.44. The van der Waals surface area contributed by atoms with E-state index >= 15 is 0 Å². The number of hydrogen-bond donors (Lipinski definition) is 2. The summed E-state index contributed by atoms with van der Waals surface area (Å²) in [6, 6.07) is 6.73. The fourth-order valence-electron chi connectivity index (χ4n) is 3.19. The minimum atomic E-state index is -3.55. The summed E-state index contributed by atoms with van der Waals surface area (Å²) >= 11 is 0. The van der Waals surface area contributed by atoms with Crippen molar-refractivity contribution >= 4 is 15.9 Å². The number of nitrogens with two attached hydrogens (primary N) is 1. The Morgan fingerprint density at radius 3 is 2.62 bits per heavy atom. The van der Waals surface area contributed by atoms with Crippen LogP contribution < -0.4 is 11.1 Å². The molecule has 1 aliphatic rings. The van der Waals surface area contributed by atoms with Crippen molar-refractivity contribution in [2.45, 2.75) is 49.6 Å². The van der Waals surface area contributed by atoms with E-state index in [0.717, 1.165) is 25.7 Å². The number of hydrogen-bond acceptors (Lipinski definition) is 4. The highest BCUT2D eigenvalue weighted by atomic mass is 32.2. The minimum Gasteiger partial charge on any atom is -0.352 e. The van der Waals surface area contributed by atoms with Gasteiger partial charge < -0.3 is 11.1 Å². The SMILES string of the molecule is CN(C)S(=O)(=O)c1ccccc1CNC(=O)C1CCCCC1(C)N. The van der Waals surface area contributed by atoms with Gasteiger partial charge in [0.05, 0.1) is 10.8 Å². The second-order valence-corrected chi connectivity index (χ2v) is 9.04. The molecule has 3 N–H and O–H groups in total. The summed E-state index contributed by atoms with van der Waals surface area (Å²) in [6.07, 6.45) is 3.64. The first-order valence-electron chi connectivity index (χ1n) is 8.23. The lowest BCUT2D eigenvalue weighted by molar-refractivity contribution is -0.128. The molecule has 2 unspecified atom stereocenters. The molecule has 0 spiro atoms. The first kappa shape index (κ1) is 18.9. The van der Waals surface area contributed by atoms with Gasteiger partial charge in [-0.05, 0) is 31.4 Å². The number of carbonyl (C=O) groups excluding carboxylic acids is 1. The molecule has 134 valence electrons. The van der Waals surface area contributed by atoms with Gasteiger partial charge in [-0.3, -0.25) is 4.79 Å². The van der Waals surface area contributed by atoms with Gasteiger partial charge in [0.1, 0.15) is 0 Å². The van der Waals surface area contributed by atoms with E-state index in [-0.39, 0.29) is 23.3 Å². The molecule has 0 radical (unpaired) electrons. The fourth-order valence-corrected chi connectivity index (χ4v) is 4.31. The molecule has 1 saturated carbocycles. The Labute approximate surface area is 144 Å². The average Bonchev–Trinajstić information content (AvgIpc) is 2.52. The van der Waals surface area contributed by atoms with Gasteiger partial charge >= 0.3 is 0 Å². The molecule has 1 aromatic rings. The highest BCUT2D eigenvalue weighted by Gasteiger charge is 2.37. The van der Waals surface area contributed by atoms with Crippen LogP contribution >= 0.6 is 0 Å². The van der Waals surface area contributed by atoms with Gasteiger partial charge in [-0.1, -0.05) is 31.0 Å². The molecule has 6 nitrogen and oxygen atoms in total.